The summed E-state index contributed by atoms with van der Waals surface area (Å²) in [5.41, 5.74) is 5.28. The van der Waals surface area contributed by atoms with Crippen molar-refractivity contribution in [2.24, 2.45) is 11.7 Å². The molecule has 1 aliphatic rings. The molecule has 106 valence electrons. The zero-order valence-electron chi connectivity index (χ0n) is 11.6. The molecule has 1 atom stereocenters. The summed E-state index contributed by atoms with van der Waals surface area (Å²) in [6, 6.07) is 0. The van der Waals surface area contributed by atoms with E-state index in [0.717, 1.165) is 51.3 Å². The summed E-state index contributed by atoms with van der Waals surface area (Å²) < 4.78 is 1.94. The maximum atomic E-state index is 11.0. The Morgan fingerprint density at radius 1 is 1.47 bits per heavy atom. The lowest BCUT2D eigenvalue weighted by molar-refractivity contribution is -0.119. The third-order valence-corrected chi connectivity index (χ3v) is 3.79. The molecular weight excluding hydrogens is 242 g/mol. The average molecular weight is 265 g/mol. The smallest absolute Gasteiger partial charge is 0.217 e. The molecular formula is C13H23N5O. The lowest BCUT2D eigenvalue weighted by atomic mass is 9.97. The van der Waals surface area contributed by atoms with Gasteiger partial charge in [0.25, 0.3) is 0 Å². The van der Waals surface area contributed by atoms with E-state index in [1.54, 1.807) is 6.33 Å². The zero-order valence-corrected chi connectivity index (χ0v) is 11.6. The third kappa shape index (κ3) is 4.02. The maximum absolute atomic E-state index is 11.0. The second-order valence-electron chi connectivity index (χ2n) is 5.24. The average Bonchev–Trinajstić information content (AvgIpc) is 2.70. The van der Waals surface area contributed by atoms with Crippen LogP contribution in [0.3, 0.4) is 0 Å². The minimum atomic E-state index is -0.177. The van der Waals surface area contributed by atoms with E-state index in [1.807, 2.05) is 4.68 Å². The van der Waals surface area contributed by atoms with Crippen molar-refractivity contribution in [1.82, 2.24) is 19.7 Å². The predicted molar refractivity (Wildman–Crippen MR) is 72.1 cm³/mol. The Balaban J connectivity index is 1.87. The second-order valence-corrected chi connectivity index (χ2v) is 5.24. The monoisotopic (exact) mass is 265 g/mol. The van der Waals surface area contributed by atoms with Crippen molar-refractivity contribution in [1.29, 1.82) is 0 Å². The number of amides is 1. The molecule has 2 heterocycles. The molecule has 19 heavy (non-hydrogen) atoms. The van der Waals surface area contributed by atoms with E-state index in [-0.39, 0.29) is 5.91 Å². The number of nitrogens with two attached hydrogens (primary N) is 1. The van der Waals surface area contributed by atoms with Crippen LogP contribution in [0.15, 0.2) is 6.33 Å². The number of hydrogen-bond acceptors (Lipinski definition) is 4. The lowest BCUT2D eigenvalue weighted by Crippen LogP contribution is -2.26. The summed E-state index contributed by atoms with van der Waals surface area (Å²) in [7, 11) is 0. The predicted octanol–water partition coefficient (Wildman–Crippen LogP) is 0.775. The lowest BCUT2D eigenvalue weighted by Gasteiger charge is -2.19. The highest BCUT2D eigenvalue weighted by Gasteiger charge is 2.19. The van der Waals surface area contributed by atoms with Crippen LogP contribution in [0.2, 0.25) is 0 Å². The van der Waals surface area contributed by atoms with Gasteiger partial charge < -0.3 is 5.73 Å². The first-order valence-electron chi connectivity index (χ1n) is 7.06. The summed E-state index contributed by atoms with van der Waals surface area (Å²) in [4.78, 5) is 17.7. The molecule has 1 aromatic heterocycles. The number of primary amides is 1. The molecule has 1 fully saturated rings. The van der Waals surface area contributed by atoms with Gasteiger partial charge >= 0.3 is 0 Å². The quantitative estimate of drug-likeness (QED) is 0.853. The summed E-state index contributed by atoms with van der Waals surface area (Å²) >= 11 is 0. The van der Waals surface area contributed by atoms with Crippen molar-refractivity contribution >= 4 is 5.91 Å². The van der Waals surface area contributed by atoms with E-state index in [4.69, 9.17) is 5.73 Å². The largest absolute Gasteiger partial charge is 0.370 e. The molecule has 1 unspecified atom stereocenters. The fourth-order valence-corrected chi connectivity index (χ4v) is 2.75. The molecule has 1 aromatic rings. The SMILES string of the molecule is CCn1ncnc1CN1CCCC(CC(N)=O)CC1. The van der Waals surface area contributed by atoms with Gasteiger partial charge in [0, 0.05) is 13.0 Å². The standard InChI is InChI=1S/C13H23N5O/c1-2-18-13(15-10-16-18)9-17-6-3-4-11(5-7-17)8-12(14)19/h10-11H,2-9H2,1H3,(H2,14,19). The number of rotatable bonds is 5. The van der Waals surface area contributed by atoms with Crippen LogP contribution in [0.25, 0.3) is 0 Å². The molecule has 0 aliphatic carbocycles. The number of aryl methyl sites for hydroxylation is 1. The highest BCUT2D eigenvalue weighted by atomic mass is 16.1. The summed E-state index contributed by atoms with van der Waals surface area (Å²) in [5, 5.41) is 4.20. The number of likely N-dealkylation sites (tertiary alicyclic amines) is 1. The first kappa shape index (κ1) is 14.0. The highest BCUT2D eigenvalue weighted by molar-refractivity contribution is 5.73. The van der Waals surface area contributed by atoms with E-state index in [9.17, 15) is 4.79 Å². The normalized spacial score (nSPS) is 21.2. The molecule has 6 heteroatoms. The van der Waals surface area contributed by atoms with E-state index in [0.29, 0.717) is 12.3 Å². The molecule has 2 rings (SSSR count). The van der Waals surface area contributed by atoms with E-state index >= 15 is 0 Å². The van der Waals surface area contributed by atoms with Crippen LogP contribution in [-0.2, 0) is 17.9 Å². The summed E-state index contributed by atoms with van der Waals surface area (Å²) in [6.07, 6.45) is 5.41. The molecule has 6 nitrogen and oxygen atoms in total. The van der Waals surface area contributed by atoms with Gasteiger partial charge in [0.05, 0.1) is 6.54 Å². The number of carbonyl (C=O) groups excluding carboxylic acids is 1. The van der Waals surface area contributed by atoms with Gasteiger partial charge in [-0.25, -0.2) is 9.67 Å². The molecule has 0 spiro atoms. The number of nitrogens with zero attached hydrogens (tertiary/aromatic N) is 4. The van der Waals surface area contributed by atoms with Crippen LogP contribution in [0, 0.1) is 5.92 Å². The molecule has 1 saturated heterocycles. The Bertz CT molecular complexity index is 417. The first-order valence-corrected chi connectivity index (χ1v) is 7.06. The van der Waals surface area contributed by atoms with Crippen LogP contribution in [0.5, 0.6) is 0 Å². The van der Waals surface area contributed by atoms with Gasteiger partial charge in [-0.1, -0.05) is 0 Å². The minimum absolute atomic E-state index is 0.177. The van der Waals surface area contributed by atoms with Crippen molar-refractivity contribution in [2.75, 3.05) is 13.1 Å². The Labute approximate surface area is 114 Å². The Morgan fingerprint density at radius 3 is 3.05 bits per heavy atom. The fourth-order valence-electron chi connectivity index (χ4n) is 2.75. The van der Waals surface area contributed by atoms with E-state index < -0.39 is 0 Å². The highest BCUT2D eigenvalue weighted by Crippen LogP contribution is 2.21. The van der Waals surface area contributed by atoms with Gasteiger partial charge in [-0.05, 0) is 45.2 Å². The third-order valence-electron chi connectivity index (χ3n) is 3.79. The van der Waals surface area contributed by atoms with Crippen molar-refractivity contribution < 1.29 is 4.79 Å². The Kier molecular flexibility index (Phi) is 4.90. The molecule has 2 N–H and O–H groups in total. The molecule has 0 bridgehead atoms. The molecule has 1 amide bonds. The van der Waals surface area contributed by atoms with Crippen LogP contribution in [-0.4, -0.2) is 38.7 Å². The van der Waals surface area contributed by atoms with E-state index in [1.165, 1.54) is 0 Å². The van der Waals surface area contributed by atoms with Crippen LogP contribution < -0.4 is 5.73 Å². The van der Waals surface area contributed by atoms with Gasteiger partial charge in [0.15, 0.2) is 0 Å². The molecule has 0 aromatic carbocycles. The maximum Gasteiger partial charge on any atom is 0.217 e. The zero-order chi connectivity index (χ0) is 13.7. The summed E-state index contributed by atoms with van der Waals surface area (Å²) in [6.45, 7) is 5.84. The van der Waals surface area contributed by atoms with Crippen molar-refractivity contribution in [3.05, 3.63) is 12.2 Å². The summed E-state index contributed by atoms with van der Waals surface area (Å²) in [5.74, 6) is 1.30. The number of carbonyl (C=O) groups is 1. The minimum Gasteiger partial charge on any atom is -0.370 e. The number of hydrogen-bond donors (Lipinski definition) is 1. The van der Waals surface area contributed by atoms with Crippen molar-refractivity contribution in [2.45, 2.75) is 45.7 Å². The number of aromatic nitrogens is 3. The molecule has 1 aliphatic heterocycles. The van der Waals surface area contributed by atoms with Crippen LogP contribution >= 0.6 is 0 Å². The van der Waals surface area contributed by atoms with Gasteiger partial charge in [0.1, 0.15) is 12.2 Å². The van der Waals surface area contributed by atoms with Crippen molar-refractivity contribution in [3.63, 3.8) is 0 Å². The first-order chi connectivity index (χ1) is 9.19. The van der Waals surface area contributed by atoms with Gasteiger partial charge in [-0.15, -0.1) is 0 Å². The topological polar surface area (TPSA) is 77.0 Å². The molecule has 0 radical (unpaired) electrons. The second kappa shape index (κ2) is 6.65. The Morgan fingerprint density at radius 2 is 2.32 bits per heavy atom. The van der Waals surface area contributed by atoms with Gasteiger partial charge in [-0.2, -0.15) is 5.10 Å². The Hall–Kier alpha value is -1.43. The fraction of sp³-hybridized carbons (Fsp3) is 0.769. The van der Waals surface area contributed by atoms with Crippen LogP contribution in [0.1, 0.15) is 38.4 Å². The van der Waals surface area contributed by atoms with Crippen LogP contribution in [0.4, 0.5) is 0 Å². The molecule has 0 saturated carbocycles. The van der Waals surface area contributed by atoms with Gasteiger partial charge in [0.2, 0.25) is 5.91 Å². The van der Waals surface area contributed by atoms with Gasteiger partial charge in [-0.3, -0.25) is 9.69 Å². The van der Waals surface area contributed by atoms with E-state index in [2.05, 4.69) is 21.9 Å². The van der Waals surface area contributed by atoms with Crippen molar-refractivity contribution in [3.8, 4) is 0 Å².